The Hall–Kier alpha value is -3.08. The molecule has 2 aromatic rings. The molecule has 0 aliphatic carbocycles. The molecular weight excluding hydrogens is 374 g/mol. The highest BCUT2D eigenvalue weighted by Crippen LogP contribution is 2.33. The van der Waals surface area contributed by atoms with Crippen molar-refractivity contribution in [3.8, 4) is 0 Å². The van der Waals surface area contributed by atoms with Crippen LogP contribution in [0, 0.1) is 13.8 Å². The molecule has 156 valence electrons. The van der Waals surface area contributed by atoms with Gasteiger partial charge in [0.05, 0.1) is 12.5 Å². The lowest BCUT2D eigenvalue weighted by atomic mass is 9.93. The Bertz CT molecular complexity index is 990. The number of aryl methyl sites for hydroxylation is 1. The summed E-state index contributed by atoms with van der Waals surface area (Å²) >= 11 is 0. The zero-order valence-electron chi connectivity index (χ0n) is 18.0. The predicted molar refractivity (Wildman–Crippen MR) is 120 cm³/mol. The first-order valence-corrected chi connectivity index (χ1v) is 10.6. The number of nitrogens with zero attached hydrogens (tertiary/aromatic N) is 3. The van der Waals surface area contributed by atoms with Crippen molar-refractivity contribution in [2.24, 2.45) is 0 Å². The minimum absolute atomic E-state index is 0.0432. The Labute approximate surface area is 178 Å². The van der Waals surface area contributed by atoms with Crippen molar-refractivity contribution in [2.75, 3.05) is 31.1 Å². The van der Waals surface area contributed by atoms with Gasteiger partial charge in [0, 0.05) is 45.0 Å². The summed E-state index contributed by atoms with van der Waals surface area (Å²) in [6, 6.07) is 14.2. The van der Waals surface area contributed by atoms with E-state index in [0.717, 1.165) is 24.2 Å². The maximum Gasteiger partial charge on any atom is 0.225 e. The molecule has 0 unspecified atom stereocenters. The Kier molecular flexibility index (Phi) is 5.62. The number of amides is 2. The van der Waals surface area contributed by atoms with Crippen molar-refractivity contribution in [1.29, 1.82) is 0 Å². The fourth-order valence-electron chi connectivity index (χ4n) is 4.48. The van der Waals surface area contributed by atoms with Crippen LogP contribution < -0.4 is 4.90 Å². The Morgan fingerprint density at radius 3 is 2.43 bits per heavy atom. The van der Waals surface area contributed by atoms with Gasteiger partial charge in [0.25, 0.3) is 0 Å². The summed E-state index contributed by atoms with van der Waals surface area (Å²) < 4.78 is 0. The summed E-state index contributed by atoms with van der Waals surface area (Å²) in [5.41, 5.74) is 5.97. The van der Waals surface area contributed by atoms with Gasteiger partial charge in [-0.2, -0.15) is 0 Å². The lowest BCUT2D eigenvalue weighted by Gasteiger charge is -2.39. The summed E-state index contributed by atoms with van der Waals surface area (Å²) in [4.78, 5) is 31.3. The lowest BCUT2D eigenvalue weighted by Crippen LogP contribution is -2.49. The van der Waals surface area contributed by atoms with Gasteiger partial charge in [0.1, 0.15) is 0 Å². The van der Waals surface area contributed by atoms with Gasteiger partial charge in [0.15, 0.2) is 0 Å². The zero-order chi connectivity index (χ0) is 21.3. The standard InChI is InChI=1S/C25H29N3O2/c1-18-7-6-10-23(19(18)2)26-13-15-27(16-14-26)25(30)17-24-22-9-5-4-8-21(22)11-12-28(24)20(3)29/h4-12,24H,13-17H2,1-3H3/t24-/m1/s1. The molecule has 2 aliphatic heterocycles. The summed E-state index contributed by atoms with van der Waals surface area (Å²) in [5.74, 6) is 0.0651. The number of hydrogen-bond donors (Lipinski definition) is 0. The maximum absolute atomic E-state index is 13.2. The van der Waals surface area contributed by atoms with Crippen LogP contribution in [0.4, 0.5) is 5.69 Å². The number of benzene rings is 2. The summed E-state index contributed by atoms with van der Waals surface area (Å²) in [5, 5.41) is 0. The van der Waals surface area contributed by atoms with E-state index in [9.17, 15) is 9.59 Å². The molecule has 0 N–H and O–H groups in total. The topological polar surface area (TPSA) is 43.9 Å². The second-order valence-electron chi connectivity index (χ2n) is 8.18. The van der Waals surface area contributed by atoms with E-state index in [1.165, 1.54) is 16.8 Å². The molecule has 5 heteroatoms. The molecule has 1 fully saturated rings. The fraction of sp³-hybridized carbons (Fsp3) is 0.360. The molecule has 0 radical (unpaired) electrons. The molecule has 2 aliphatic rings. The molecule has 2 heterocycles. The molecule has 0 saturated carbocycles. The van der Waals surface area contributed by atoms with Crippen LogP contribution in [0.1, 0.15) is 41.6 Å². The maximum atomic E-state index is 13.2. The number of hydrogen-bond acceptors (Lipinski definition) is 3. The number of rotatable bonds is 3. The fourth-order valence-corrected chi connectivity index (χ4v) is 4.48. The van der Waals surface area contributed by atoms with Gasteiger partial charge in [0.2, 0.25) is 11.8 Å². The molecule has 1 saturated heterocycles. The van der Waals surface area contributed by atoms with Crippen molar-refractivity contribution < 1.29 is 9.59 Å². The van der Waals surface area contributed by atoms with Crippen molar-refractivity contribution in [3.63, 3.8) is 0 Å². The van der Waals surface area contributed by atoms with E-state index >= 15 is 0 Å². The molecule has 0 spiro atoms. The SMILES string of the molecule is CC(=O)N1C=Cc2ccccc2[C@H]1CC(=O)N1CCN(c2cccc(C)c2C)CC1. The quantitative estimate of drug-likeness (QED) is 0.780. The first-order valence-electron chi connectivity index (χ1n) is 10.6. The minimum atomic E-state index is -0.242. The van der Waals surface area contributed by atoms with Crippen LogP contribution in [0.25, 0.3) is 6.08 Å². The highest BCUT2D eigenvalue weighted by atomic mass is 16.2. The lowest BCUT2D eigenvalue weighted by molar-refractivity contribution is -0.134. The van der Waals surface area contributed by atoms with E-state index in [0.29, 0.717) is 19.5 Å². The normalized spacial score (nSPS) is 18.4. The van der Waals surface area contributed by atoms with Gasteiger partial charge in [-0.15, -0.1) is 0 Å². The number of fused-ring (bicyclic) bond motifs is 1. The third kappa shape index (κ3) is 3.84. The Morgan fingerprint density at radius 1 is 0.967 bits per heavy atom. The molecule has 4 rings (SSSR count). The first-order chi connectivity index (χ1) is 14.5. The molecular formula is C25H29N3O2. The predicted octanol–water partition coefficient (Wildman–Crippen LogP) is 3.92. The van der Waals surface area contributed by atoms with Crippen molar-refractivity contribution in [2.45, 2.75) is 33.2 Å². The number of carbonyl (C=O) groups is 2. The third-order valence-electron chi connectivity index (χ3n) is 6.39. The van der Waals surface area contributed by atoms with E-state index in [-0.39, 0.29) is 17.9 Å². The van der Waals surface area contributed by atoms with Crippen LogP contribution >= 0.6 is 0 Å². The Balaban J connectivity index is 1.45. The van der Waals surface area contributed by atoms with Gasteiger partial charge in [-0.3, -0.25) is 9.59 Å². The van der Waals surface area contributed by atoms with Gasteiger partial charge in [-0.1, -0.05) is 36.4 Å². The van der Waals surface area contributed by atoms with Crippen LogP contribution in [-0.4, -0.2) is 47.8 Å². The molecule has 2 aromatic carbocycles. The second kappa shape index (κ2) is 8.34. The molecule has 30 heavy (non-hydrogen) atoms. The van der Waals surface area contributed by atoms with Crippen LogP contribution in [0.15, 0.2) is 48.7 Å². The van der Waals surface area contributed by atoms with Crippen LogP contribution in [0.2, 0.25) is 0 Å². The smallest absolute Gasteiger partial charge is 0.225 e. The summed E-state index contributed by atoms with van der Waals surface area (Å²) in [7, 11) is 0. The highest BCUT2D eigenvalue weighted by Gasteiger charge is 2.31. The van der Waals surface area contributed by atoms with Crippen LogP contribution in [0.5, 0.6) is 0 Å². The van der Waals surface area contributed by atoms with Crippen molar-refractivity contribution in [3.05, 3.63) is 70.9 Å². The second-order valence-corrected chi connectivity index (χ2v) is 8.18. The van der Waals surface area contributed by atoms with Crippen molar-refractivity contribution in [1.82, 2.24) is 9.80 Å². The number of anilines is 1. The summed E-state index contributed by atoms with van der Waals surface area (Å²) in [6.07, 6.45) is 4.06. The van der Waals surface area contributed by atoms with Crippen LogP contribution in [0.3, 0.4) is 0 Å². The molecule has 0 bridgehead atoms. The van der Waals surface area contributed by atoms with Gasteiger partial charge in [-0.25, -0.2) is 0 Å². The minimum Gasteiger partial charge on any atom is -0.368 e. The van der Waals surface area contributed by atoms with Gasteiger partial charge < -0.3 is 14.7 Å². The monoisotopic (exact) mass is 403 g/mol. The van der Waals surface area contributed by atoms with E-state index in [4.69, 9.17) is 0 Å². The van der Waals surface area contributed by atoms with Crippen molar-refractivity contribution >= 4 is 23.6 Å². The number of piperazine rings is 1. The van der Waals surface area contributed by atoms with Gasteiger partial charge in [-0.05, 0) is 48.2 Å². The van der Waals surface area contributed by atoms with E-state index < -0.39 is 0 Å². The highest BCUT2D eigenvalue weighted by molar-refractivity contribution is 5.82. The molecule has 5 nitrogen and oxygen atoms in total. The van der Waals surface area contributed by atoms with E-state index in [2.05, 4.69) is 36.9 Å². The van der Waals surface area contributed by atoms with Crippen LogP contribution in [-0.2, 0) is 9.59 Å². The van der Waals surface area contributed by atoms with E-state index in [1.54, 1.807) is 18.0 Å². The average Bonchev–Trinajstić information content (AvgIpc) is 2.76. The number of carbonyl (C=O) groups excluding carboxylic acids is 2. The summed E-state index contributed by atoms with van der Waals surface area (Å²) in [6.45, 7) is 8.91. The Morgan fingerprint density at radius 2 is 1.70 bits per heavy atom. The van der Waals surface area contributed by atoms with E-state index in [1.807, 2.05) is 35.2 Å². The average molecular weight is 404 g/mol. The largest absolute Gasteiger partial charge is 0.368 e. The molecule has 2 amide bonds. The van der Waals surface area contributed by atoms with Gasteiger partial charge >= 0.3 is 0 Å². The first kappa shape index (κ1) is 20.2. The molecule has 1 atom stereocenters. The molecule has 0 aromatic heterocycles. The third-order valence-corrected chi connectivity index (χ3v) is 6.39. The zero-order valence-corrected chi connectivity index (χ0v) is 18.0.